The molecule has 1 atom stereocenters. The number of nitrogens with zero attached hydrogens (tertiary/aromatic N) is 1. The highest BCUT2D eigenvalue weighted by atomic mass is 16.5. The summed E-state index contributed by atoms with van der Waals surface area (Å²) in [5.74, 6) is 0.961. The first-order chi connectivity index (χ1) is 8.63. The minimum atomic E-state index is 0.241. The summed E-state index contributed by atoms with van der Waals surface area (Å²) in [6.45, 7) is 10.7. The van der Waals surface area contributed by atoms with E-state index in [9.17, 15) is 0 Å². The Bertz CT molecular complexity index is 361. The van der Waals surface area contributed by atoms with Gasteiger partial charge in [0.15, 0.2) is 0 Å². The van der Waals surface area contributed by atoms with Crippen LogP contribution in [-0.2, 0) is 6.54 Å². The highest BCUT2D eigenvalue weighted by Gasteiger charge is 2.15. The lowest BCUT2D eigenvalue weighted by molar-refractivity contribution is 0.199. The van der Waals surface area contributed by atoms with Gasteiger partial charge in [-0.2, -0.15) is 0 Å². The lowest BCUT2D eigenvalue weighted by atomic mass is 10.1. The maximum absolute atomic E-state index is 5.65. The van der Waals surface area contributed by atoms with Crippen LogP contribution in [0.2, 0.25) is 0 Å². The van der Waals surface area contributed by atoms with Gasteiger partial charge in [0, 0.05) is 32.2 Å². The Labute approximate surface area is 110 Å². The summed E-state index contributed by atoms with van der Waals surface area (Å²) < 4.78 is 5.65. The zero-order chi connectivity index (χ0) is 13.0. The highest BCUT2D eigenvalue weighted by Crippen LogP contribution is 2.15. The van der Waals surface area contributed by atoms with Crippen LogP contribution in [-0.4, -0.2) is 36.7 Å². The molecule has 1 aromatic carbocycles. The van der Waals surface area contributed by atoms with Gasteiger partial charge in [-0.15, -0.1) is 0 Å². The molecular formula is C15H24N2O. The third kappa shape index (κ3) is 4.00. The van der Waals surface area contributed by atoms with E-state index in [1.165, 1.54) is 5.56 Å². The maximum atomic E-state index is 5.65. The molecule has 18 heavy (non-hydrogen) atoms. The second kappa shape index (κ2) is 6.21. The van der Waals surface area contributed by atoms with Crippen molar-refractivity contribution in [2.45, 2.75) is 39.5 Å². The number of hydrogen-bond acceptors (Lipinski definition) is 3. The quantitative estimate of drug-likeness (QED) is 0.884. The predicted octanol–water partition coefficient (Wildman–Crippen LogP) is 2.27. The van der Waals surface area contributed by atoms with E-state index >= 15 is 0 Å². The van der Waals surface area contributed by atoms with Crippen LogP contribution in [0.4, 0.5) is 0 Å². The molecule has 0 spiro atoms. The fraction of sp³-hybridized carbons (Fsp3) is 0.600. The zero-order valence-corrected chi connectivity index (χ0v) is 11.6. The average Bonchev–Trinajstić information content (AvgIpc) is 2.31. The van der Waals surface area contributed by atoms with Crippen molar-refractivity contribution in [1.29, 1.82) is 0 Å². The molecule has 0 saturated carbocycles. The number of piperazine rings is 1. The second-order valence-corrected chi connectivity index (χ2v) is 5.40. The molecule has 3 heteroatoms. The Morgan fingerprint density at radius 3 is 2.67 bits per heavy atom. The second-order valence-electron chi connectivity index (χ2n) is 5.40. The van der Waals surface area contributed by atoms with Gasteiger partial charge in [-0.05, 0) is 38.5 Å². The van der Waals surface area contributed by atoms with Gasteiger partial charge in [0.2, 0.25) is 0 Å². The molecule has 0 radical (unpaired) electrons. The van der Waals surface area contributed by atoms with Crippen molar-refractivity contribution >= 4 is 0 Å². The molecule has 0 aromatic heterocycles. The van der Waals surface area contributed by atoms with Crippen molar-refractivity contribution in [3.63, 3.8) is 0 Å². The summed E-state index contributed by atoms with van der Waals surface area (Å²) in [7, 11) is 0. The number of ether oxygens (including phenoxy) is 1. The summed E-state index contributed by atoms with van der Waals surface area (Å²) >= 11 is 0. The van der Waals surface area contributed by atoms with E-state index in [0.29, 0.717) is 6.04 Å². The van der Waals surface area contributed by atoms with Crippen molar-refractivity contribution < 1.29 is 4.74 Å². The summed E-state index contributed by atoms with van der Waals surface area (Å²) in [5, 5.41) is 3.47. The molecule has 0 unspecified atom stereocenters. The zero-order valence-electron chi connectivity index (χ0n) is 11.6. The molecule has 1 aliphatic heterocycles. The first kappa shape index (κ1) is 13.4. The number of rotatable bonds is 4. The molecule has 1 saturated heterocycles. The monoisotopic (exact) mass is 248 g/mol. The van der Waals surface area contributed by atoms with Crippen molar-refractivity contribution in [2.24, 2.45) is 0 Å². The van der Waals surface area contributed by atoms with Crippen LogP contribution >= 0.6 is 0 Å². The van der Waals surface area contributed by atoms with Gasteiger partial charge in [-0.1, -0.05) is 12.1 Å². The molecule has 1 N–H and O–H groups in total. The van der Waals surface area contributed by atoms with E-state index in [0.717, 1.165) is 31.9 Å². The molecule has 1 aromatic rings. The molecule has 3 nitrogen and oxygen atoms in total. The lowest BCUT2D eigenvalue weighted by Gasteiger charge is -2.31. The highest BCUT2D eigenvalue weighted by molar-refractivity contribution is 5.27. The Kier molecular flexibility index (Phi) is 4.61. The lowest BCUT2D eigenvalue weighted by Crippen LogP contribution is -2.48. The van der Waals surface area contributed by atoms with E-state index in [1.807, 2.05) is 0 Å². The summed E-state index contributed by atoms with van der Waals surface area (Å²) in [6.07, 6.45) is 0.241. The van der Waals surface area contributed by atoms with E-state index in [-0.39, 0.29) is 6.10 Å². The molecule has 1 aliphatic rings. The largest absolute Gasteiger partial charge is 0.491 e. The van der Waals surface area contributed by atoms with Gasteiger partial charge in [0.25, 0.3) is 0 Å². The van der Waals surface area contributed by atoms with Crippen LogP contribution in [0.25, 0.3) is 0 Å². The van der Waals surface area contributed by atoms with Crippen molar-refractivity contribution in [1.82, 2.24) is 10.2 Å². The Hall–Kier alpha value is -1.06. The van der Waals surface area contributed by atoms with E-state index in [4.69, 9.17) is 4.74 Å². The van der Waals surface area contributed by atoms with Crippen molar-refractivity contribution in [3.05, 3.63) is 29.8 Å². The SMILES string of the molecule is CC(C)Oc1ccc(CN2CCN[C@@H](C)C2)cc1. The minimum Gasteiger partial charge on any atom is -0.491 e. The van der Waals surface area contributed by atoms with Crippen LogP contribution in [0.5, 0.6) is 5.75 Å². The average molecular weight is 248 g/mol. The minimum absolute atomic E-state index is 0.241. The van der Waals surface area contributed by atoms with Gasteiger partial charge < -0.3 is 10.1 Å². The van der Waals surface area contributed by atoms with E-state index in [2.05, 4.69) is 55.3 Å². The van der Waals surface area contributed by atoms with E-state index < -0.39 is 0 Å². The summed E-state index contributed by atoms with van der Waals surface area (Å²) in [5.41, 5.74) is 1.36. The normalized spacial score (nSPS) is 21.2. The van der Waals surface area contributed by atoms with Crippen LogP contribution in [0, 0.1) is 0 Å². The van der Waals surface area contributed by atoms with Crippen LogP contribution in [0.3, 0.4) is 0 Å². The molecular weight excluding hydrogens is 224 g/mol. The first-order valence-corrected chi connectivity index (χ1v) is 6.85. The maximum Gasteiger partial charge on any atom is 0.119 e. The van der Waals surface area contributed by atoms with Gasteiger partial charge in [-0.25, -0.2) is 0 Å². The number of hydrogen-bond donors (Lipinski definition) is 1. The molecule has 0 aliphatic carbocycles. The molecule has 1 heterocycles. The predicted molar refractivity (Wildman–Crippen MR) is 74.9 cm³/mol. The molecule has 2 rings (SSSR count). The third-order valence-corrected chi connectivity index (χ3v) is 3.15. The first-order valence-electron chi connectivity index (χ1n) is 6.85. The van der Waals surface area contributed by atoms with E-state index in [1.54, 1.807) is 0 Å². The topological polar surface area (TPSA) is 24.5 Å². The van der Waals surface area contributed by atoms with Crippen LogP contribution < -0.4 is 10.1 Å². The molecule has 0 amide bonds. The van der Waals surface area contributed by atoms with Gasteiger partial charge in [0.05, 0.1) is 6.10 Å². The Morgan fingerprint density at radius 2 is 2.06 bits per heavy atom. The Morgan fingerprint density at radius 1 is 1.33 bits per heavy atom. The number of nitrogens with one attached hydrogen (secondary N) is 1. The Balaban J connectivity index is 1.89. The van der Waals surface area contributed by atoms with Gasteiger partial charge in [0.1, 0.15) is 5.75 Å². The summed E-state index contributed by atoms with van der Waals surface area (Å²) in [4.78, 5) is 2.50. The van der Waals surface area contributed by atoms with Crippen molar-refractivity contribution in [2.75, 3.05) is 19.6 Å². The summed E-state index contributed by atoms with van der Waals surface area (Å²) in [6, 6.07) is 9.08. The third-order valence-electron chi connectivity index (χ3n) is 3.15. The fourth-order valence-electron chi connectivity index (χ4n) is 2.36. The molecule has 0 bridgehead atoms. The molecule has 1 fully saturated rings. The van der Waals surface area contributed by atoms with Gasteiger partial charge >= 0.3 is 0 Å². The standard InChI is InChI=1S/C15H24N2O/c1-12(2)18-15-6-4-14(5-7-15)11-17-9-8-16-13(3)10-17/h4-7,12-13,16H,8-11H2,1-3H3/t13-/m0/s1. The van der Waals surface area contributed by atoms with Gasteiger partial charge in [-0.3, -0.25) is 4.90 Å². The van der Waals surface area contributed by atoms with Crippen molar-refractivity contribution in [3.8, 4) is 5.75 Å². The smallest absolute Gasteiger partial charge is 0.119 e. The molecule has 100 valence electrons. The number of benzene rings is 1. The van der Waals surface area contributed by atoms with Crippen LogP contribution in [0.15, 0.2) is 24.3 Å². The fourth-order valence-corrected chi connectivity index (χ4v) is 2.36. The van der Waals surface area contributed by atoms with Crippen LogP contribution in [0.1, 0.15) is 26.3 Å².